The summed E-state index contributed by atoms with van der Waals surface area (Å²) in [6, 6.07) is 14.8. The molecule has 194 valence electrons. The zero-order valence-corrected chi connectivity index (χ0v) is 21.3. The zero-order chi connectivity index (χ0) is 27.6. The molecule has 0 aromatic heterocycles. The summed E-state index contributed by atoms with van der Waals surface area (Å²) in [6.45, 7) is 1.10. The maximum absolute atomic E-state index is 13.7. The van der Waals surface area contributed by atoms with Crippen LogP contribution in [-0.2, 0) is 20.9 Å². The number of carbonyl (C=O) groups is 4. The predicted octanol–water partition coefficient (Wildman–Crippen LogP) is 4.80. The molecule has 12 heteroatoms. The van der Waals surface area contributed by atoms with Crippen LogP contribution in [0.15, 0.2) is 66.7 Å². The summed E-state index contributed by atoms with van der Waals surface area (Å²) in [6.07, 6.45) is -0.323. The average molecular weight is 556 g/mol. The van der Waals surface area contributed by atoms with Crippen molar-refractivity contribution in [1.82, 2.24) is 4.90 Å². The quantitative estimate of drug-likeness (QED) is 0.135. The fraction of sp³-hybridized carbons (Fsp3) is 0.154. The highest BCUT2D eigenvalue weighted by Crippen LogP contribution is 2.31. The van der Waals surface area contributed by atoms with Gasteiger partial charge in [0.15, 0.2) is 0 Å². The minimum Gasteiger partial charge on any atom is -0.427 e. The molecule has 3 aromatic rings. The molecule has 0 aliphatic carbocycles. The molecule has 1 aliphatic rings. The first kappa shape index (κ1) is 26.8. The molecule has 1 aliphatic heterocycles. The van der Waals surface area contributed by atoms with Crippen LogP contribution in [0.2, 0.25) is 10.0 Å². The lowest BCUT2D eigenvalue weighted by Gasteiger charge is -2.28. The number of esters is 1. The van der Waals surface area contributed by atoms with E-state index in [4.69, 9.17) is 27.9 Å². The second-order valence-corrected chi connectivity index (χ2v) is 9.14. The molecule has 4 rings (SSSR count). The fourth-order valence-corrected chi connectivity index (χ4v) is 4.43. The third-order valence-electron chi connectivity index (χ3n) is 5.80. The molecule has 0 saturated carbocycles. The number of carbonyl (C=O) groups excluding carboxylic acids is 4. The van der Waals surface area contributed by atoms with Gasteiger partial charge in [0.05, 0.1) is 17.0 Å². The molecule has 1 saturated heterocycles. The normalized spacial score (nSPS) is 14.9. The molecule has 0 N–H and O–H groups in total. The summed E-state index contributed by atoms with van der Waals surface area (Å²) in [5, 5.41) is 11.6. The number of nitro groups is 1. The maximum Gasteiger partial charge on any atom is 0.308 e. The highest BCUT2D eigenvalue weighted by molar-refractivity contribution is 6.33. The maximum atomic E-state index is 13.7. The second-order valence-electron chi connectivity index (χ2n) is 8.32. The molecule has 0 bridgehead atoms. The summed E-state index contributed by atoms with van der Waals surface area (Å²) < 4.78 is 4.99. The zero-order valence-electron chi connectivity index (χ0n) is 19.8. The molecule has 10 nitrogen and oxygen atoms in total. The monoisotopic (exact) mass is 555 g/mol. The summed E-state index contributed by atoms with van der Waals surface area (Å²) in [5.41, 5.74) is 0.178. The Kier molecular flexibility index (Phi) is 7.75. The Morgan fingerprint density at radius 2 is 1.74 bits per heavy atom. The van der Waals surface area contributed by atoms with Gasteiger partial charge in [0.25, 0.3) is 17.5 Å². The first-order valence-corrected chi connectivity index (χ1v) is 12.0. The van der Waals surface area contributed by atoms with E-state index in [2.05, 4.69) is 0 Å². The van der Waals surface area contributed by atoms with Crippen LogP contribution in [0.1, 0.15) is 29.3 Å². The molecule has 1 atom stereocenters. The van der Waals surface area contributed by atoms with Crippen LogP contribution in [0, 0.1) is 10.1 Å². The van der Waals surface area contributed by atoms with Crippen LogP contribution >= 0.6 is 23.2 Å². The summed E-state index contributed by atoms with van der Waals surface area (Å²) in [5.74, 6) is -2.24. The van der Waals surface area contributed by atoms with E-state index in [-0.39, 0.29) is 35.0 Å². The largest absolute Gasteiger partial charge is 0.427 e. The molecular formula is C26H19Cl2N3O7. The van der Waals surface area contributed by atoms with Crippen LogP contribution in [0.4, 0.5) is 11.4 Å². The van der Waals surface area contributed by atoms with Crippen molar-refractivity contribution in [3.63, 3.8) is 0 Å². The molecule has 38 heavy (non-hydrogen) atoms. The van der Waals surface area contributed by atoms with Gasteiger partial charge in [-0.05, 0) is 48.0 Å². The van der Waals surface area contributed by atoms with E-state index in [0.29, 0.717) is 10.6 Å². The van der Waals surface area contributed by atoms with Gasteiger partial charge in [0, 0.05) is 30.1 Å². The van der Waals surface area contributed by atoms with Crippen LogP contribution < -0.4 is 9.64 Å². The molecule has 1 heterocycles. The van der Waals surface area contributed by atoms with Gasteiger partial charge < -0.3 is 9.64 Å². The van der Waals surface area contributed by atoms with Gasteiger partial charge in [-0.2, -0.15) is 0 Å². The van der Waals surface area contributed by atoms with Gasteiger partial charge in [-0.15, -0.1) is 0 Å². The lowest BCUT2D eigenvalue weighted by molar-refractivity contribution is -0.384. The number of benzene rings is 3. The first-order chi connectivity index (χ1) is 18.1. The van der Waals surface area contributed by atoms with E-state index in [1.807, 2.05) is 0 Å². The standard InChI is InChI=1S/C26H19Cl2N3O7/c1-15(32)38-19-9-7-18(8-10-19)30-24(33)13-23(26(30)35)29(14-17-4-2-3-5-20(17)27)25(34)16-6-11-21(28)22(12-16)31(36)37/h2-12,23H,13-14H2,1H3. The van der Waals surface area contributed by atoms with E-state index in [1.165, 1.54) is 48.2 Å². The van der Waals surface area contributed by atoms with Crippen molar-refractivity contribution in [3.05, 3.63) is 98.0 Å². The number of amides is 3. The third kappa shape index (κ3) is 5.51. The third-order valence-corrected chi connectivity index (χ3v) is 6.49. The van der Waals surface area contributed by atoms with Gasteiger partial charge in [0.1, 0.15) is 16.8 Å². The van der Waals surface area contributed by atoms with Crippen LogP contribution in [0.5, 0.6) is 5.75 Å². The van der Waals surface area contributed by atoms with E-state index in [9.17, 15) is 29.3 Å². The number of rotatable bonds is 7. The van der Waals surface area contributed by atoms with Crippen molar-refractivity contribution in [1.29, 1.82) is 0 Å². The number of nitro benzene ring substituents is 1. The molecular weight excluding hydrogens is 537 g/mol. The number of ether oxygens (including phenoxy) is 1. The highest BCUT2D eigenvalue weighted by Gasteiger charge is 2.45. The van der Waals surface area contributed by atoms with Crippen molar-refractivity contribution in [2.24, 2.45) is 0 Å². The molecule has 3 amide bonds. The van der Waals surface area contributed by atoms with Gasteiger partial charge in [-0.25, -0.2) is 4.90 Å². The van der Waals surface area contributed by atoms with E-state index in [1.54, 1.807) is 24.3 Å². The van der Waals surface area contributed by atoms with Gasteiger partial charge in [0.2, 0.25) is 5.91 Å². The van der Waals surface area contributed by atoms with Crippen LogP contribution in [0.25, 0.3) is 0 Å². The Morgan fingerprint density at radius 3 is 2.37 bits per heavy atom. The molecule has 1 fully saturated rings. The fourth-order valence-electron chi connectivity index (χ4n) is 4.04. The van der Waals surface area contributed by atoms with E-state index in [0.717, 1.165) is 11.0 Å². The van der Waals surface area contributed by atoms with Gasteiger partial charge in [-0.1, -0.05) is 41.4 Å². The van der Waals surface area contributed by atoms with Crippen LogP contribution in [-0.4, -0.2) is 39.6 Å². The molecule has 0 spiro atoms. The Morgan fingerprint density at radius 1 is 1.05 bits per heavy atom. The van der Waals surface area contributed by atoms with Gasteiger partial charge >= 0.3 is 5.97 Å². The first-order valence-electron chi connectivity index (χ1n) is 11.2. The Balaban J connectivity index is 1.70. The summed E-state index contributed by atoms with van der Waals surface area (Å²) in [4.78, 5) is 64.1. The Bertz CT molecular complexity index is 1460. The molecule has 3 aromatic carbocycles. The smallest absolute Gasteiger partial charge is 0.308 e. The number of imide groups is 1. The predicted molar refractivity (Wildman–Crippen MR) is 138 cm³/mol. The lowest BCUT2D eigenvalue weighted by atomic mass is 10.1. The number of hydrogen-bond acceptors (Lipinski definition) is 7. The number of hydrogen-bond donors (Lipinski definition) is 0. The molecule has 1 unspecified atom stereocenters. The Hall–Kier alpha value is -4.28. The Labute approximate surface area is 226 Å². The lowest BCUT2D eigenvalue weighted by Crippen LogP contribution is -2.45. The highest BCUT2D eigenvalue weighted by atomic mass is 35.5. The second kappa shape index (κ2) is 11.0. The van der Waals surface area contributed by atoms with E-state index >= 15 is 0 Å². The average Bonchev–Trinajstić information content (AvgIpc) is 3.16. The minimum atomic E-state index is -1.21. The van der Waals surface area contributed by atoms with E-state index < -0.39 is 40.3 Å². The minimum absolute atomic E-state index is 0.0856. The molecule has 0 radical (unpaired) electrons. The van der Waals surface area contributed by atoms with Crippen molar-refractivity contribution in [2.45, 2.75) is 25.9 Å². The van der Waals surface area contributed by atoms with Crippen LogP contribution in [0.3, 0.4) is 0 Å². The number of nitrogens with zero attached hydrogens (tertiary/aromatic N) is 3. The summed E-state index contributed by atoms with van der Waals surface area (Å²) >= 11 is 12.2. The van der Waals surface area contributed by atoms with Gasteiger partial charge in [-0.3, -0.25) is 29.3 Å². The topological polar surface area (TPSA) is 127 Å². The van der Waals surface area contributed by atoms with Crippen molar-refractivity contribution in [3.8, 4) is 5.75 Å². The summed E-state index contributed by atoms with van der Waals surface area (Å²) in [7, 11) is 0. The van der Waals surface area contributed by atoms with Crippen molar-refractivity contribution >= 4 is 58.3 Å². The van der Waals surface area contributed by atoms with Crippen molar-refractivity contribution < 1.29 is 28.8 Å². The van der Waals surface area contributed by atoms with Crippen molar-refractivity contribution in [2.75, 3.05) is 4.90 Å². The number of halogens is 2. The SMILES string of the molecule is CC(=O)Oc1ccc(N2C(=O)CC(N(Cc3ccccc3Cl)C(=O)c3ccc(Cl)c([N+](=O)[O-])c3)C2=O)cc1. The number of anilines is 1.